The highest BCUT2D eigenvalue weighted by molar-refractivity contribution is 7.99. The average molecular weight is 251 g/mol. The van der Waals surface area contributed by atoms with E-state index in [-0.39, 0.29) is 11.9 Å². The molecule has 1 fully saturated rings. The minimum absolute atomic E-state index is 0.0101. The molecule has 1 saturated heterocycles. The Kier molecular flexibility index (Phi) is 3.09. The van der Waals surface area contributed by atoms with E-state index in [0.29, 0.717) is 0 Å². The summed E-state index contributed by atoms with van der Waals surface area (Å²) >= 11 is 1.86. The van der Waals surface area contributed by atoms with Gasteiger partial charge in [0.2, 0.25) is 0 Å². The SMILES string of the molecule is O=C1NN=C(C2=CCCCC2)N2CCSCC12. The summed E-state index contributed by atoms with van der Waals surface area (Å²) in [5.41, 5.74) is 4.01. The monoisotopic (exact) mass is 251 g/mol. The van der Waals surface area contributed by atoms with Crippen molar-refractivity contribution in [1.29, 1.82) is 0 Å². The first-order valence-electron chi connectivity index (χ1n) is 6.27. The van der Waals surface area contributed by atoms with Crippen LogP contribution >= 0.6 is 11.8 Å². The van der Waals surface area contributed by atoms with Gasteiger partial charge in [0.25, 0.3) is 5.91 Å². The summed E-state index contributed by atoms with van der Waals surface area (Å²) in [4.78, 5) is 14.0. The summed E-state index contributed by atoms with van der Waals surface area (Å²) in [5, 5.41) is 4.28. The second-order valence-corrected chi connectivity index (χ2v) is 5.82. The maximum Gasteiger partial charge on any atom is 0.263 e. The number of hydrogen-bond acceptors (Lipinski definition) is 4. The van der Waals surface area contributed by atoms with E-state index < -0.39 is 0 Å². The Hall–Kier alpha value is -0.970. The lowest BCUT2D eigenvalue weighted by Crippen LogP contribution is -2.57. The molecule has 1 atom stereocenters. The molecule has 0 radical (unpaired) electrons. The Labute approximate surface area is 106 Å². The van der Waals surface area contributed by atoms with E-state index >= 15 is 0 Å². The maximum absolute atomic E-state index is 11.8. The number of amidine groups is 1. The largest absolute Gasteiger partial charge is 0.341 e. The smallest absolute Gasteiger partial charge is 0.263 e. The average Bonchev–Trinajstić information content (AvgIpc) is 2.41. The molecule has 0 aromatic heterocycles. The van der Waals surface area contributed by atoms with Crippen molar-refractivity contribution in [2.75, 3.05) is 18.1 Å². The van der Waals surface area contributed by atoms with Gasteiger partial charge in [0.05, 0.1) is 0 Å². The Balaban J connectivity index is 1.87. The molecule has 0 aromatic carbocycles. The number of carbonyl (C=O) groups excluding carboxylic acids is 1. The van der Waals surface area contributed by atoms with Crippen LogP contribution in [0.5, 0.6) is 0 Å². The normalized spacial score (nSPS) is 29.1. The van der Waals surface area contributed by atoms with Crippen LogP contribution < -0.4 is 5.43 Å². The van der Waals surface area contributed by atoms with Crippen LogP contribution in [0.4, 0.5) is 0 Å². The Bertz CT molecular complexity index is 391. The van der Waals surface area contributed by atoms with Crippen LogP contribution in [0.2, 0.25) is 0 Å². The van der Waals surface area contributed by atoms with Crippen LogP contribution in [0.3, 0.4) is 0 Å². The molecule has 3 rings (SSSR count). The number of hydrogen-bond donors (Lipinski definition) is 1. The van der Waals surface area contributed by atoms with Gasteiger partial charge in [-0.25, -0.2) is 5.43 Å². The predicted molar refractivity (Wildman–Crippen MR) is 69.9 cm³/mol. The van der Waals surface area contributed by atoms with Crippen LogP contribution in [-0.2, 0) is 4.79 Å². The number of allylic oxidation sites excluding steroid dienone is 1. The molecular formula is C12H17N3OS. The second-order valence-electron chi connectivity index (χ2n) is 4.67. The van der Waals surface area contributed by atoms with E-state index in [1.807, 2.05) is 11.8 Å². The molecule has 0 aromatic rings. The van der Waals surface area contributed by atoms with Gasteiger partial charge in [-0.3, -0.25) is 4.79 Å². The number of carbonyl (C=O) groups is 1. The third-order valence-electron chi connectivity index (χ3n) is 3.55. The van der Waals surface area contributed by atoms with Gasteiger partial charge in [-0.1, -0.05) is 6.08 Å². The molecule has 1 amide bonds. The van der Waals surface area contributed by atoms with Gasteiger partial charge in [-0.2, -0.15) is 16.9 Å². The van der Waals surface area contributed by atoms with Gasteiger partial charge >= 0.3 is 0 Å². The second kappa shape index (κ2) is 4.72. The highest BCUT2D eigenvalue weighted by Gasteiger charge is 2.35. The molecule has 1 unspecified atom stereocenters. The minimum Gasteiger partial charge on any atom is -0.341 e. The van der Waals surface area contributed by atoms with E-state index in [9.17, 15) is 4.79 Å². The van der Waals surface area contributed by atoms with E-state index in [1.165, 1.54) is 18.4 Å². The third-order valence-corrected chi connectivity index (χ3v) is 4.58. The van der Waals surface area contributed by atoms with Crippen LogP contribution in [0.25, 0.3) is 0 Å². The van der Waals surface area contributed by atoms with Crippen molar-refractivity contribution in [2.24, 2.45) is 5.10 Å². The fourth-order valence-corrected chi connectivity index (χ4v) is 3.67. The Morgan fingerprint density at radius 2 is 2.41 bits per heavy atom. The maximum atomic E-state index is 11.8. The van der Waals surface area contributed by atoms with Gasteiger partial charge in [-0.15, -0.1) is 0 Å². The Morgan fingerprint density at radius 3 is 3.24 bits per heavy atom. The summed E-state index contributed by atoms with van der Waals surface area (Å²) in [5.74, 6) is 3.06. The number of nitrogens with zero attached hydrogens (tertiary/aromatic N) is 2. The fraction of sp³-hybridized carbons (Fsp3) is 0.667. The first-order chi connectivity index (χ1) is 8.36. The van der Waals surface area contributed by atoms with Crippen LogP contribution in [0, 0.1) is 0 Å². The molecule has 0 saturated carbocycles. The molecular weight excluding hydrogens is 234 g/mol. The zero-order chi connectivity index (χ0) is 11.7. The van der Waals surface area contributed by atoms with Gasteiger partial charge < -0.3 is 4.90 Å². The number of rotatable bonds is 1. The molecule has 1 aliphatic carbocycles. The first-order valence-corrected chi connectivity index (χ1v) is 7.43. The van der Waals surface area contributed by atoms with Crippen LogP contribution in [-0.4, -0.2) is 40.7 Å². The fourth-order valence-electron chi connectivity index (χ4n) is 2.62. The topological polar surface area (TPSA) is 44.7 Å². The van der Waals surface area contributed by atoms with Crippen LogP contribution in [0.1, 0.15) is 25.7 Å². The standard InChI is InChI=1S/C12H17N3OS/c16-12-10-8-17-7-6-15(10)11(13-14-12)9-4-2-1-3-5-9/h4,10H,1-3,5-8H2,(H,14,16). The summed E-state index contributed by atoms with van der Waals surface area (Å²) < 4.78 is 0. The zero-order valence-electron chi connectivity index (χ0n) is 9.82. The van der Waals surface area contributed by atoms with Crippen molar-refractivity contribution in [3.05, 3.63) is 11.6 Å². The molecule has 0 bridgehead atoms. The first kappa shape index (κ1) is 11.1. The van der Waals surface area contributed by atoms with Crippen molar-refractivity contribution in [3.63, 3.8) is 0 Å². The summed E-state index contributed by atoms with van der Waals surface area (Å²) in [6.45, 7) is 0.943. The molecule has 0 spiro atoms. The molecule has 2 aliphatic heterocycles. The van der Waals surface area contributed by atoms with Crippen LogP contribution in [0.15, 0.2) is 16.8 Å². The lowest BCUT2D eigenvalue weighted by atomic mass is 9.97. The number of fused-ring (bicyclic) bond motifs is 1. The summed E-state index contributed by atoms with van der Waals surface area (Å²) in [7, 11) is 0. The predicted octanol–water partition coefficient (Wildman–Crippen LogP) is 1.35. The quantitative estimate of drug-likeness (QED) is 0.765. The Morgan fingerprint density at radius 1 is 1.47 bits per heavy atom. The van der Waals surface area contributed by atoms with Gasteiger partial charge in [0, 0.05) is 18.1 Å². The van der Waals surface area contributed by atoms with Gasteiger partial charge in [0.15, 0.2) is 5.84 Å². The molecule has 2 heterocycles. The van der Waals surface area contributed by atoms with E-state index in [0.717, 1.165) is 36.7 Å². The van der Waals surface area contributed by atoms with Crippen molar-refractivity contribution in [2.45, 2.75) is 31.7 Å². The van der Waals surface area contributed by atoms with Crippen molar-refractivity contribution in [3.8, 4) is 0 Å². The van der Waals surface area contributed by atoms with Gasteiger partial charge in [0.1, 0.15) is 6.04 Å². The highest BCUT2D eigenvalue weighted by Crippen LogP contribution is 2.26. The number of thioether (sulfide) groups is 1. The van der Waals surface area contributed by atoms with E-state index in [4.69, 9.17) is 0 Å². The highest BCUT2D eigenvalue weighted by atomic mass is 32.2. The number of nitrogens with one attached hydrogen (secondary N) is 1. The van der Waals surface area contributed by atoms with Crippen molar-refractivity contribution >= 4 is 23.5 Å². The molecule has 5 heteroatoms. The number of amides is 1. The lowest BCUT2D eigenvalue weighted by molar-refractivity contribution is -0.125. The molecule has 92 valence electrons. The molecule has 1 N–H and O–H groups in total. The third kappa shape index (κ3) is 2.08. The van der Waals surface area contributed by atoms with Gasteiger partial charge in [-0.05, 0) is 31.3 Å². The number of hydrazone groups is 1. The molecule has 4 nitrogen and oxygen atoms in total. The van der Waals surface area contributed by atoms with Crippen molar-refractivity contribution < 1.29 is 4.79 Å². The van der Waals surface area contributed by atoms with E-state index in [1.54, 1.807) is 0 Å². The molecule has 17 heavy (non-hydrogen) atoms. The molecule has 3 aliphatic rings. The zero-order valence-corrected chi connectivity index (χ0v) is 10.6. The van der Waals surface area contributed by atoms with E-state index in [2.05, 4.69) is 21.5 Å². The summed E-state index contributed by atoms with van der Waals surface area (Å²) in [6, 6.07) is -0.0101. The lowest BCUT2D eigenvalue weighted by Gasteiger charge is -2.39. The minimum atomic E-state index is -0.0101. The van der Waals surface area contributed by atoms with Crippen molar-refractivity contribution in [1.82, 2.24) is 10.3 Å². The summed E-state index contributed by atoms with van der Waals surface area (Å²) in [6.07, 6.45) is 7.06.